The van der Waals surface area contributed by atoms with Crippen LogP contribution in [0.15, 0.2) is 46.0 Å². The molecule has 0 spiro atoms. The van der Waals surface area contributed by atoms with Gasteiger partial charge < -0.3 is 15.2 Å². The average molecular weight is 574 g/mol. The van der Waals surface area contributed by atoms with Gasteiger partial charge in [-0.3, -0.25) is 0 Å². The molecule has 1 aromatic heterocycles. The number of aliphatic carboxylic acids is 1. The maximum atomic E-state index is 13.2. The Balaban J connectivity index is 0.000000572. The fourth-order valence-electron chi connectivity index (χ4n) is 3.11. The van der Waals surface area contributed by atoms with Gasteiger partial charge in [0.25, 0.3) is 10.0 Å². The lowest BCUT2D eigenvalue weighted by molar-refractivity contribution is -0.192. The number of piperazine rings is 1. The highest BCUT2D eigenvalue weighted by Crippen LogP contribution is 2.26. The Bertz CT molecular complexity index is 1200. The molecule has 0 amide bonds. The molecule has 10 nitrogen and oxygen atoms in total. The van der Waals surface area contributed by atoms with Crippen LogP contribution in [0.4, 0.5) is 13.2 Å². The third kappa shape index (κ3) is 8.41. The van der Waals surface area contributed by atoms with Crippen molar-refractivity contribution in [1.82, 2.24) is 13.9 Å². The van der Waals surface area contributed by atoms with Crippen LogP contribution in [-0.4, -0.2) is 88.3 Å². The first-order chi connectivity index (χ1) is 16.8. The second-order valence-electron chi connectivity index (χ2n) is 7.35. The largest absolute Gasteiger partial charge is 0.496 e. The van der Waals surface area contributed by atoms with Gasteiger partial charge >= 0.3 is 12.1 Å². The Hall–Kier alpha value is -2.24. The molecule has 1 fully saturated rings. The second-order valence-corrected chi connectivity index (χ2v) is 12.6. The molecule has 1 aromatic carbocycles. The predicted octanol–water partition coefficient (Wildman–Crippen LogP) is 1.82. The number of methoxy groups -OCH3 is 1. The first kappa shape index (κ1) is 30.0. The van der Waals surface area contributed by atoms with Gasteiger partial charge in [0, 0.05) is 44.8 Å². The molecule has 3 rings (SSSR count). The molecule has 0 atom stereocenters. The molecule has 0 bridgehead atoms. The molecule has 0 aliphatic carbocycles. The van der Waals surface area contributed by atoms with Crippen LogP contribution in [0, 0.1) is 0 Å². The van der Waals surface area contributed by atoms with Crippen LogP contribution in [0.1, 0.15) is 5.56 Å². The lowest BCUT2D eigenvalue weighted by atomic mass is 10.2. The minimum absolute atomic E-state index is 0.0291. The predicted molar refractivity (Wildman–Crippen MR) is 127 cm³/mol. The molecule has 202 valence electrons. The average Bonchev–Trinajstić information content (AvgIpc) is 3.38. The molecule has 0 unspecified atom stereocenters. The fourth-order valence-corrected chi connectivity index (χ4v) is 7.24. The number of sulfonamides is 2. The highest BCUT2D eigenvalue weighted by atomic mass is 32.2. The summed E-state index contributed by atoms with van der Waals surface area (Å²) in [5.41, 5.74) is 0.676. The number of carbonyl (C=O) groups is 1. The maximum Gasteiger partial charge on any atom is 0.490 e. The first-order valence-corrected chi connectivity index (χ1v) is 14.4. The van der Waals surface area contributed by atoms with Gasteiger partial charge in [-0.05, 0) is 17.5 Å². The zero-order valence-corrected chi connectivity index (χ0v) is 21.6. The molecule has 1 saturated heterocycles. The standard InChI is InChI=1S/C18H25N3O5S3.C2HF3O2/c1-26-17-6-3-2-5-16(17)15-21(29(24,25)18-7-4-13-27-18)12-14-28(22,23)20-10-8-19-9-11-20;3-2(4,5)1(6)7/h2-7,13,19H,8-12,14-15H2,1H3;(H,6,7). The van der Waals surface area contributed by atoms with Crippen molar-refractivity contribution in [3.05, 3.63) is 47.3 Å². The van der Waals surface area contributed by atoms with E-state index >= 15 is 0 Å². The lowest BCUT2D eigenvalue weighted by Gasteiger charge is -2.28. The number of para-hydroxylation sites is 1. The van der Waals surface area contributed by atoms with Crippen LogP contribution in [0.25, 0.3) is 0 Å². The van der Waals surface area contributed by atoms with Crippen molar-refractivity contribution in [2.45, 2.75) is 16.9 Å². The quantitative estimate of drug-likeness (QED) is 0.464. The van der Waals surface area contributed by atoms with Crippen molar-refractivity contribution >= 4 is 37.4 Å². The number of carboxylic acid groups (broad SMARTS) is 1. The molecule has 1 aliphatic rings. The molecule has 2 heterocycles. The van der Waals surface area contributed by atoms with Gasteiger partial charge in [0.1, 0.15) is 9.96 Å². The number of nitrogens with one attached hydrogen (secondary N) is 1. The molecular weight excluding hydrogens is 547 g/mol. The third-order valence-corrected chi connectivity index (χ3v) is 10.0. The van der Waals surface area contributed by atoms with Gasteiger partial charge in [-0.15, -0.1) is 11.3 Å². The Morgan fingerprint density at radius 2 is 1.75 bits per heavy atom. The summed E-state index contributed by atoms with van der Waals surface area (Å²) in [5.74, 6) is -2.47. The molecule has 16 heteroatoms. The van der Waals surface area contributed by atoms with Crippen molar-refractivity contribution in [2.75, 3.05) is 45.6 Å². The van der Waals surface area contributed by atoms with Gasteiger partial charge in [-0.25, -0.2) is 21.6 Å². The summed E-state index contributed by atoms with van der Waals surface area (Å²) < 4.78 is 91.7. The Morgan fingerprint density at radius 3 is 2.28 bits per heavy atom. The molecule has 2 N–H and O–H groups in total. The summed E-state index contributed by atoms with van der Waals surface area (Å²) in [7, 11) is -5.87. The van der Waals surface area contributed by atoms with Gasteiger partial charge in [0.2, 0.25) is 10.0 Å². The van der Waals surface area contributed by atoms with E-state index in [0.717, 1.165) is 11.3 Å². The summed E-state index contributed by atoms with van der Waals surface area (Å²) in [6.45, 7) is 1.88. The van der Waals surface area contributed by atoms with E-state index in [9.17, 15) is 30.0 Å². The SMILES string of the molecule is COc1ccccc1CN(CCS(=O)(=O)N1CCNCC1)S(=O)(=O)c1cccs1.O=C(O)C(F)(F)F. The van der Waals surface area contributed by atoms with E-state index < -0.39 is 32.2 Å². The number of rotatable bonds is 9. The van der Waals surface area contributed by atoms with E-state index in [1.165, 1.54) is 21.8 Å². The molecule has 2 aromatic rings. The second kappa shape index (κ2) is 12.8. The van der Waals surface area contributed by atoms with Crippen molar-refractivity contribution in [2.24, 2.45) is 0 Å². The third-order valence-electron chi connectivity index (χ3n) is 4.94. The molecule has 1 aliphatic heterocycles. The van der Waals surface area contributed by atoms with Crippen molar-refractivity contribution in [3.63, 3.8) is 0 Å². The van der Waals surface area contributed by atoms with E-state index in [1.54, 1.807) is 35.7 Å². The monoisotopic (exact) mass is 573 g/mol. The Labute approximate surface area is 211 Å². The number of nitrogens with zero attached hydrogens (tertiary/aromatic N) is 2. The highest BCUT2D eigenvalue weighted by Gasteiger charge is 2.38. The van der Waals surface area contributed by atoms with Gasteiger partial charge in [-0.1, -0.05) is 24.3 Å². The molecule has 0 radical (unpaired) electrons. The lowest BCUT2D eigenvalue weighted by Crippen LogP contribution is -2.48. The summed E-state index contributed by atoms with van der Waals surface area (Å²) in [4.78, 5) is 8.90. The van der Waals surface area contributed by atoms with Crippen LogP contribution >= 0.6 is 11.3 Å². The summed E-state index contributed by atoms with van der Waals surface area (Å²) >= 11 is 1.11. The normalized spacial score (nSPS) is 15.2. The topological polar surface area (TPSA) is 133 Å². The van der Waals surface area contributed by atoms with Gasteiger partial charge in [-0.2, -0.15) is 21.8 Å². The van der Waals surface area contributed by atoms with Crippen LogP contribution in [0.5, 0.6) is 5.75 Å². The van der Waals surface area contributed by atoms with E-state index in [-0.39, 0.29) is 23.1 Å². The zero-order chi connectivity index (χ0) is 27.0. The fraction of sp³-hybridized carbons (Fsp3) is 0.450. The van der Waals surface area contributed by atoms with E-state index in [0.29, 0.717) is 37.5 Å². The van der Waals surface area contributed by atoms with E-state index in [2.05, 4.69) is 5.32 Å². The number of halogens is 3. The van der Waals surface area contributed by atoms with Crippen molar-refractivity contribution in [1.29, 1.82) is 0 Å². The van der Waals surface area contributed by atoms with Crippen molar-refractivity contribution < 1.29 is 44.6 Å². The zero-order valence-electron chi connectivity index (χ0n) is 19.1. The number of carboxylic acids is 1. The van der Waals surface area contributed by atoms with Crippen LogP contribution in [-0.2, 0) is 31.4 Å². The first-order valence-electron chi connectivity index (χ1n) is 10.4. The van der Waals surface area contributed by atoms with E-state index in [4.69, 9.17) is 14.6 Å². The Kier molecular flexibility index (Phi) is 10.7. The maximum absolute atomic E-state index is 13.2. The summed E-state index contributed by atoms with van der Waals surface area (Å²) in [5, 5.41) is 11.9. The highest BCUT2D eigenvalue weighted by molar-refractivity contribution is 7.91. The van der Waals surface area contributed by atoms with Gasteiger partial charge in [0.05, 0.1) is 12.9 Å². The minimum atomic E-state index is -5.08. The molecule has 0 saturated carbocycles. The molecular formula is C20H26F3N3O7S3. The number of alkyl halides is 3. The number of thiophene rings is 1. The Morgan fingerprint density at radius 1 is 1.14 bits per heavy atom. The smallest absolute Gasteiger partial charge is 0.490 e. The van der Waals surface area contributed by atoms with Crippen molar-refractivity contribution in [3.8, 4) is 5.75 Å². The van der Waals surface area contributed by atoms with Crippen LogP contribution < -0.4 is 10.1 Å². The number of hydrogen-bond donors (Lipinski definition) is 2. The molecule has 36 heavy (non-hydrogen) atoms. The summed E-state index contributed by atoms with van der Waals surface area (Å²) in [6, 6.07) is 10.3. The van der Waals surface area contributed by atoms with Crippen LogP contribution in [0.3, 0.4) is 0 Å². The number of ether oxygens (including phenoxy) is 1. The number of benzene rings is 1. The minimum Gasteiger partial charge on any atom is -0.496 e. The van der Waals surface area contributed by atoms with Gasteiger partial charge in [0.15, 0.2) is 0 Å². The summed E-state index contributed by atoms with van der Waals surface area (Å²) in [6.07, 6.45) is -5.08. The van der Waals surface area contributed by atoms with E-state index in [1.807, 2.05) is 0 Å². The van der Waals surface area contributed by atoms with Crippen LogP contribution in [0.2, 0.25) is 0 Å². The number of hydrogen-bond acceptors (Lipinski definition) is 8.